The number of benzene rings is 8. The van der Waals surface area contributed by atoms with Crippen molar-refractivity contribution in [2.75, 3.05) is 11.5 Å². The summed E-state index contributed by atoms with van der Waals surface area (Å²) in [5.41, 5.74) is 17.1. The van der Waals surface area contributed by atoms with Gasteiger partial charge in [0, 0.05) is 11.4 Å². The van der Waals surface area contributed by atoms with E-state index in [2.05, 4.69) is 0 Å². The predicted molar refractivity (Wildman–Crippen MR) is 226 cm³/mol. The van der Waals surface area contributed by atoms with Crippen LogP contribution >= 0.6 is 0 Å². The Kier molecular flexibility index (Phi) is 9.58. The normalized spacial score (nSPS) is 13.0. The zero-order valence-electron chi connectivity index (χ0n) is 32.1. The molecule has 0 saturated heterocycles. The number of alkyl halides is 6. The molecule has 1 aliphatic carbocycles. The maximum Gasteiger partial charge on any atom is 0.420 e. The lowest BCUT2D eigenvalue weighted by Gasteiger charge is -2.34. The molecule has 0 aromatic heterocycles. The Bertz CT molecular complexity index is 2690. The van der Waals surface area contributed by atoms with Crippen molar-refractivity contribution >= 4 is 11.4 Å². The summed E-state index contributed by atoms with van der Waals surface area (Å²) in [5.74, 6) is -0.323. The Hall–Kier alpha value is -7.46. The first kappa shape index (κ1) is 39.0. The fraction of sp³-hybridized carbons (Fsp3) is 0.0588. The van der Waals surface area contributed by atoms with Crippen LogP contribution < -0.4 is 20.9 Å². The Labute approximate surface area is 347 Å². The number of nitrogen functional groups attached to an aromatic ring is 2. The monoisotopic (exact) mass is 820 g/mol. The Morgan fingerprint density at radius 3 is 1.08 bits per heavy atom. The van der Waals surface area contributed by atoms with Crippen LogP contribution in [0, 0.1) is 0 Å². The molecule has 0 atom stereocenters. The zero-order chi connectivity index (χ0) is 42.5. The molecule has 0 fully saturated rings. The second-order valence-electron chi connectivity index (χ2n) is 14.8. The molecular weight excluding hydrogens is 787 g/mol. The summed E-state index contributed by atoms with van der Waals surface area (Å²) in [4.78, 5) is 0. The highest BCUT2D eigenvalue weighted by molar-refractivity contribution is 5.86. The van der Waals surface area contributed by atoms with Crippen molar-refractivity contribution in [3.05, 3.63) is 215 Å². The SMILES string of the molecule is Nc1ccc(-c2ccc(Oc3ccc(C4(c5ccc(Oc6ccc(-c7ccc(N)cc7)cc6C(F)(F)F)cc5)c5ccccc5-c5ccccc54)cc3)c(C(F)(F)F)c2)cc1. The van der Waals surface area contributed by atoms with E-state index in [0.717, 1.165) is 45.5 Å². The lowest BCUT2D eigenvalue weighted by atomic mass is 9.68. The molecule has 8 aromatic rings. The van der Waals surface area contributed by atoms with Gasteiger partial charge in [-0.2, -0.15) is 26.3 Å². The molecule has 0 spiro atoms. The number of ether oxygens (including phenoxy) is 2. The van der Waals surface area contributed by atoms with E-state index in [1.807, 2.05) is 72.8 Å². The largest absolute Gasteiger partial charge is 0.457 e. The van der Waals surface area contributed by atoms with Crippen molar-refractivity contribution in [1.82, 2.24) is 0 Å². The van der Waals surface area contributed by atoms with Crippen LogP contribution in [0.4, 0.5) is 37.7 Å². The van der Waals surface area contributed by atoms with E-state index in [9.17, 15) is 26.3 Å². The van der Waals surface area contributed by atoms with Crippen molar-refractivity contribution in [2.45, 2.75) is 17.8 Å². The molecule has 0 unspecified atom stereocenters. The fourth-order valence-electron chi connectivity index (χ4n) is 8.21. The number of halogens is 6. The third kappa shape index (κ3) is 7.20. The van der Waals surface area contributed by atoms with Crippen LogP contribution in [0.3, 0.4) is 0 Å². The Balaban J connectivity index is 1.08. The molecule has 0 bridgehead atoms. The maximum absolute atomic E-state index is 14.5. The quantitative estimate of drug-likeness (QED) is 0.118. The highest BCUT2D eigenvalue weighted by Crippen LogP contribution is 2.56. The summed E-state index contributed by atoms with van der Waals surface area (Å²) in [6.07, 6.45) is -9.41. The number of fused-ring (bicyclic) bond motifs is 3. The minimum Gasteiger partial charge on any atom is -0.457 e. The van der Waals surface area contributed by atoms with Crippen molar-refractivity contribution < 1.29 is 35.8 Å². The smallest absolute Gasteiger partial charge is 0.420 e. The molecule has 0 amide bonds. The first-order chi connectivity index (χ1) is 29.3. The van der Waals surface area contributed by atoms with E-state index in [4.69, 9.17) is 20.9 Å². The molecule has 10 heteroatoms. The van der Waals surface area contributed by atoms with Gasteiger partial charge in [-0.3, -0.25) is 0 Å². The van der Waals surface area contributed by atoms with Crippen LogP contribution in [0.25, 0.3) is 33.4 Å². The number of hydrogen-bond donors (Lipinski definition) is 2. The number of hydrogen-bond acceptors (Lipinski definition) is 4. The third-order valence-corrected chi connectivity index (χ3v) is 11.0. The summed E-state index contributed by atoms with van der Waals surface area (Å²) in [5, 5.41) is 0. The standard InChI is InChI=1S/C51H34F6N2O2/c52-50(53,54)45-29-33(31-9-19-37(58)20-10-31)13-27-47(45)60-39-23-15-35(16-24-39)49(43-7-3-1-5-41(43)42-6-2-4-8-44(42)49)36-17-25-40(26-18-36)61-48-28-14-34(30-46(48)51(55,56)57)32-11-21-38(59)22-12-32/h1-30H,58-59H2. The Morgan fingerprint density at radius 2 is 0.721 bits per heavy atom. The maximum atomic E-state index is 14.5. The summed E-state index contributed by atoms with van der Waals surface area (Å²) in [6.45, 7) is 0. The van der Waals surface area contributed by atoms with Gasteiger partial charge in [0.15, 0.2) is 0 Å². The average Bonchev–Trinajstić information content (AvgIpc) is 3.55. The van der Waals surface area contributed by atoms with E-state index in [1.165, 1.54) is 12.1 Å². The van der Waals surface area contributed by atoms with E-state index in [1.54, 1.807) is 84.9 Å². The van der Waals surface area contributed by atoms with Crippen molar-refractivity contribution in [3.8, 4) is 56.4 Å². The summed E-state index contributed by atoms with van der Waals surface area (Å²) in [6, 6.07) is 50.8. The van der Waals surface area contributed by atoms with Gasteiger partial charge in [0.05, 0.1) is 16.5 Å². The van der Waals surface area contributed by atoms with Gasteiger partial charge >= 0.3 is 12.4 Å². The van der Waals surface area contributed by atoms with Crippen LogP contribution in [-0.2, 0) is 17.8 Å². The van der Waals surface area contributed by atoms with Crippen LogP contribution in [0.15, 0.2) is 182 Å². The second kappa shape index (κ2) is 15.0. The van der Waals surface area contributed by atoms with Crippen molar-refractivity contribution in [2.24, 2.45) is 0 Å². The molecule has 0 heterocycles. The van der Waals surface area contributed by atoms with Gasteiger partial charge in [0.25, 0.3) is 0 Å². The molecule has 9 rings (SSSR count). The molecule has 4 N–H and O–H groups in total. The van der Waals surface area contributed by atoms with Crippen LogP contribution in [0.2, 0.25) is 0 Å². The van der Waals surface area contributed by atoms with Crippen molar-refractivity contribution in [1.29, 1.82) is 0 Å². The molecule has 61 heavy (non-hydrogen) atoms. The summed E-state index contributed by atoms with van der Waals surface area (Å²) >= 11 is 0. The highest BCUT2D eigenvalue weighted by atomic mass is 19.4. The third-order valence-electron chi connectivity index (χ3n) is 11.0. The second-order valence-corrected chi connectivity index (χ2v) is 14.8. The van der Waals surface area contributed by atoms with Gasteiger partial charge in [-0.25, -0.2) is 0 Å². The summed E-state index contributed by atoms with van der Waals surface area (Å²) in [7, 11) is 0. The molecule has 0 saturated carbocycles. The first-order valence-corrected chi connectivity index (χ1v) is 19.2. The average molecular weight is 821 g/mol. The van der Waals surface area contributed by atoms with E-state index in [0.29, 0.717) is 33.6 Å². The van der Waals surface area contributed by atoms with E-state index < -0.39 is 28.9 Å². The van der Waals surface area contributed by atoms with Crippen LogP contribution in [0.1, 0.15) is 33.4 Å². The molecule has 4 nitrogen and oxygen atoms in total. The molecule has 302 valence electrons. The summed E-state index contributed by atoms with van der Waals surface area (Å²) < 4.78 is 98.6. The van der Waals surface area contributed by atoms with Crippen LogP contribution in [0.5, 0.6) is 23.0 Å². The zero-order valence-corrected chi connectivity index (χ0v) is 32.1. The molecule has 0 aliphatic heterocycles. The minimum atomic E-state index is -4.70. The number of anilines is 2. The van der Waals surface area contributed by atoms with Gasteiger partial charge in [0.1, 0.15) is 23.0 Å². The topological polar surface area (TPSA) is 70.5 Å². The highest BCUT2D eigenvalue weighted by Gasteiger charge is 2.46. The van der Waals surface area contributed by atoms with Gasteiger partial charge in [0.2, 0.25) is 0 Å². The van der Waals surface area contributed by atoms with E-state index >= 15 is 0 Å². The van der Waals surface area contributed by atoms with Gasteiger partial charge in [-0.15, -0.1) is 0 Å². The Morgan fingerprint density at radius 1 is 0.377 bits per heavy atom. The van der Waals surface area contributed by atoms with Crippen LogP contribution in [-0.4, -0.2) is 0 Å². The van der Waals surface area contributed by atoms with Gasteiger partial charge in [-0.1, -0.05) is 109 Å². The number of nitrogens with two attached hydrogens (primary N) is 2. The molecule has 8 aromatic carbocycles. The lowest BCUT2D eigenvalue weighted by molar-refractivity contribution is -0.139. The van der Waals surface area contributed by atoms with Crippen molar-refractivity contribution in [3.63, 3.8) is 0 Å². The fourth-order valence-corrected chi connectivity index (χ4v) is 8.21. The lowest BCUT2D eigenvalue weighted by Crippen LogP contribution is -2.28. The van der Waals surface area contributed by atoms with Gasteiger partial charge in [-0.05, 0) is 128 Å². The van der Waals surface area contributed by atoms with Gasteiger partial charge < -0.3 is 20.9 Å². The number of rotatable bonds is 8. The molecule has 1 aliphatic rings. The molecular formula is C51H34F6N2O2. The van der Waals surface area contributed by atoms with E-state index in [-0.39, 0.29) is 23.0 Å². The molecule has 0 radical (unpaired) electrons. The minimum absolute atomic E-state index is 0.191. The predicted octanol–water partition coefficient (Wildman–Crippen LogP) is 14.2. The first-order valence-electron chi connectivity index (χ1n) is 19.2.